The fraction of sp³-hybridized carbons (Fsp3) is 0.105. The molecule has 0 unspecified atom stereocenters. The van der Waals surface area contributed by atoms with Crippen molar-refractivity contribution < 1.29 is 9.18 Å². The number of nitrogens with zero attached hydrogens (tertiary/aromatic N) is 2. The Bertz CT molecular complexity index is 988. The van der Waals surface area contributed by atoms with Crippen LogP contribution in [0, 0.1) is 5.82 Å². The number of Topliss-reactive ketones (excluding diaryl/α,β-unsaturated/α-hetero) is 1. The monoisotopic (exact) mass is 446 g/mol. The van der Waals surface area contributed by atoms with Gasteiger partial charge in [-0.15, -0.1) is 0 Å². The maximum atomic E-state index is 13.0. The zero-order chi connectivity index (χ0) is 19.4. The third-order valence-corrected chi connectivity index (χ3v) is 4.52. The molecule has 138 valence electrons. The summed E-state index contributed by atoms with van der Waals surface area (Å²) in [6.07, 6.45) is 1.81. The number of hydrogen-bond acceptors (Lipinski definition) is 3. The standard InChI is InChI=1S/C19H16BrFN4OS/c1-12(26)14-3-2-4-16(9-14)22-19(27)23-18-17(20)11-25(24-18)10-13-5-7-15(21)8-6-13/h2-9,11H,10H2,1H3,(H2,22,23,24,27). The summed E-state index contributed by atoms with van der Waals surface area (Å²) in [7, 11) is 0. The predicted molar refractivity (Wildman–Crippen MR) is 112 cm³/mol. The quantitative estimate of drug-likeness (QED) is 0.433. The molecule has 0 saturated carbocycles. The third-order valence-electron chi connectivity index (χ3n) is 3.73. The summed E-state index contributed by atoms with van der Waals surface area (Å²) in [5.74, 6) is 0.269. The van der Waals surface area contributed by atoms with Gasteiger partial charge in [0.15, 0.2) is 16.7 Å². The molecule has 5 nitrogen and oxygen atoms in total. The lowest BCUT2D eigenvalue weighted by Gasteiger charge is -2.10. The summed E-state index contributed by atoms with van der Waals surface area (Å²) >= 11 is 8.77. The summed E-state index contributed by atoms with van der Waals surface area (Å²) in [6.45, 7) is 2.02. The van der Waals surface area contributed by atoms with Crippen molar-refractivity contribution in [2.45, 2.75) is 13.5 Å². The van der Waals surface area contributed by atoms with E-state index in [1.54, 1.807) is 35.0 Å². The first-order chi connectivity index (χ1) is 12.9. The van der Waals surface area contributed by atoms with Crippen molar-refractivity contribution in [3.05, 3.63) is 76.1 Å². The number of rotatable bonds is 5. The van der Waals surface area contributed by atoms with E-state index in [2.05, 4.69) is 31.7 Å². The molecule has 0 aliphatic rings. The molecule has 2 aromatic carbocycles. The van der Waals surface area contributed by atoms with Gasteiger partial charge in [-0.3, -0.25) is 9.48 Å². The fourth-order valence-electron chi connectivity index (χ4n) is 2.43. The zero-order valence-electron chi connectivity index (χ0n) is 14.4. The number of carbonyl (C=O) groups excluding carboxylic acids is 1. The number of halogens is 2. The van der Waals surface area contributed by atoms with Crippen molar-refractivity contribution >= 4 is 50.5 Å². The molecule has 0 bridgehead atoms. The van der Waals surface area contributed by atoms with E-state index in [1.165, 1.54) is 19.1 Å². The second kappa shape index (κ2) is 8.41. The number of aromatic nitrogens is 2. The van der Waals surface area contributed by atoms with E-state index in [1.807, 2.05) is 12.3 Å². The van der Waals surface area contributed by atoms with Gasteiger partial charge in [0.1, 0.15) is 5.82 Å². The van der Waals surface area contributed by atoms with Gasteiger partial charge in [-0.05, 0) is 64.9 Å². The van der Waals surface area contributed by atoms with Gasteiger partial charge in [-0.1, -0.05) is 24.3 Å². The van der Waals surface area contributed by atoms with Crippen molar-refractivity contribution in [2.75, 3.05) is 10.6 Å². The van der Waals surface area contributed by atoms with Crippen LogP contribution in [0.15, 0.2) is 59.2 Å². The van der Waals surface area contributed by atoms with E-state index in [0.29, 0.717) is 28.7 Å². The SMILES string of the molecule is CC(=O)c1cccc(NC(=S)Nc2nn(Cc3ccc(F)cc3)cc2Br)c1. The Kier molecular flexibility index (Phi) is 5.98. The Morgan fingerprint density at radius 1 is 1.22 bits per heavy atom. The molecule has 8 heteroatoms. The van der Waals surface area contributed by atoms with Gasteiger partial charge in [0.25, 0.3) is 0 Å². The van der Waals surface area contributed by atoms with Crippen LogP contribution in [0.1, 0.15) is 22.8 Å². The molecule has 0 radical (unpaired) electrons. The van der Waals surface area contributed by atoms with Crippen molar-refractivity contribution in [3.63, 3.8) is 0 Å². The van der Waals surface area contributed by atoms with Crippen LogP contribution in [-0.4, -0.2) is 20.7 Å². The molecule has 3 aromatic rings. The minimum Gasteiger partial charge on any atom is -0.332 e. The Balaban J connectivity index is 1.66. The number of benzene rings is 2. The van der Waals surface area contributed by atoms with Crippen LogP contribution in [0.4, 0.5) is 15.9 Å². The molecule has 0 fully saturated rings. The molecular formula is C19H16BrFN4OS. The van der Waals surface area contributed by atoms with Gasteiger partial charge >= 0.3 is 0 Å². The number of carbonyl (C=O) groups is 1. The van der Waals surface area contributed by atoms with Gasteiger partial charge in [-0.2, -0.15) is 5.10 Å². The summed E-state index contributed by atoms with van der Waals surface area (Å²) in [4.78, 5) is 11.5. The Hall–Kier alpha value is -2.58. The van der Waals surface area contributed by atoms with Crippen molar-refractivity contribution in [1.82, 2.24) is 9.78 Å². The van der Waals surface area contributed by atoms with Gasteiger partial charge in [0, 0.05) is 17.4 Å². The number of nitrogens with one attached hydrogen (secondary N) is 2. The highest BCUT2D eigenvalue weighted by Gasteiger charge is 2.09. The Labute approximate surface area is 169 Å². The Morgan fingerprint density at radius 3 is 2.67 bits per heavy atom. The van der Waals surface area contributed by atoms with Gasteiger partial charge in [-0.25, -0.2) is 4.39 Å². The van der Waals surface area contributed by atoms with Crippen molar-refractivity contribution in [2.24, 2.45) is 0 Å². The van der Waals surface area contributed by atoms with Crippen LogP contribution in [0.25, 0.3) is 0 Å². The largest absolute Gasteiger partial charge is 0.332 e. The van der Waals surface area contributed by atoms with Crippen LogP contribution in [-0.2, 0) is 6.54 Å². The number of hydrogen-bond donors (Lipinski definition) is 2. The van der Waals surface area contributed by atoms with Gasteiger partial charge < -0.3 is 10.6 Å². The Morgan fingerprint density at radius 2 is 1.96 bits per heavy atom. The van der Waals surface area contributed by atoms with Crippen LogP contribution in [0.5, 0.6) is 0 Å². The molecule has 0 aliphatic carbocycles. The normalized spacial score (nSPS) is 10.5. The molecule has 1 heterocycles. The number of ketones is 1. The van der Waals surface area contributed by atoms with Crippen LogP contribution < -0.4 is 10.6 Å². The molecule has 0 amide bonds. The van der Waals surface area contributed by atoms with E-state index in [4.69, 9.17) is 12.2 Å². The molecule has 0 atom stereocenters. The molecule has 3 rings (SSSR count). The molecule has 0 aliphatic heterocycles. The van der Waals surface area contributed by atoms with Crippen LogP contribution in [0.3, 0.4) is 0 Å². The van der Waals surface area contributed by atoms with Crippen molar-refractivity contribution in [1.29, 1.82) is 0 Å². The predicted octanol–water partition coefficient (Wildman–Crippen LogP) is 4.84. The highest BCUT2D eigenvalue weighted by molar-refractivity contribution is 9.10. The summed E-state index contributed by atoms with van der Waals surface area (Å²) in [5, 5.41) is 10.8. The summed E-state index contributed by atoms with van der Waals surface area (Å²) < 4.78 is 15.5. The first-order valence-corrected chi connectivity index (χ1v) is 9.27. The van der Waals surface area contributed by atoms with Gasteiger partial charge in [0.2, 0.25) is 0 Å². The number of thiocarbonyl (C=S) groups is 1. The van der Waals surface area contributed by atoms with Crippen LogP contribution >= 0.6 is 28.1 Å². The lowest BCUT2D eigenvalue weighted by Crippen LogP contribution is -2.20. The molecule has 27 heavy (non-hydrogen) atoms. The van der Waals surface area contributed by atoms with Gasteiger partial charge in [0.05, 0.1) is 11.0 Å². The third kappa shape index (κ3) is 5.21. The summed E-state index contributed by atoms with van der Waals surface area (Å²) in [5.41, 5.74) is 2.24. The first-order valence-electron chi connectivity index (χ1n) is 8.07. The minimum atomic E-state index is -0.270. The van der Waals surface area contributed by atoms with E-state index in [0.717, 1.165) is 10.0 Å². The average molecular weight is 447 g/mol. The lowest BCUT2D eigenvalue weighted by molar-refractivity contribution is 0.101. The minimum absolute atomic E-state index is 0.0141. The molecule has 1 aromatic heterocycles. The number of anilines is 2. The highest BCUT2D eigenvalue weighted by Crippen LogP contribution is 2.21. The smallest absolute Gasteiger partial charge is 0.176 e. The zero-order valence-corrected chi connectivity index (χ0v) is 16.8. The topological polar surface area (TPSA) is 59.0 Å². The second-order valence-corrected chi connectivity index (χ2v) is 7.13. The molecule has 0 saturated heterocycles. The summed E-state index contributed by atoms with van der Waals surface area (Å²) in [6, 6.07) is 13.4. The van der Waals surface area contributed by atoms with E-state index in [9.17, 15) is 9.18 Å². The highest BCUT2D eigenvalue weighted by atomic mass is 79.9. The fourth-order valence-corrected chi connectivity index (χ4v) is 3.05. The molecule has 0 spiro atoms. The lowest BCUT2D eigenvalue weighted by atomic mass is 10.1. The van der Waals surface area contributed by atoms with Crippen molar-refractivity contribution in [3.8, 4) is 0 Å². The van der Waals surface area contributed by atoms with Crippen LogP contribution in [0.2, 0.25) is 0 Å². The second-order valence-electron chi connectivity index (χ2n) is 5.87. The van der Waals surface area contributed by atoms with E-state index in [-0.39, 0.29) is 11.6 Å². The molecular weight excluding hydrogens is 431 g/mol. The van der Waals surface area contributed by atoms with E-state index < -0.39 is 0 Å². The van der Waals surface area contributed by atoms with E-state index >= 15 is 0 Å². The maximum absolute atomic E-state index is 13.0. The maximum Gasteiger partial charge on any atom is 0.176 e. The molecule has 2 N–H and O–H groups in total. The average Bonchev–Trinajstić information content (AvgIpc) is 2.96. The first kappa shape index (κ1) is 19.2.